The summed E-state index contributed by atoms with van der Waals surface area (Å²) in [5.41, 5.74) is -1.67. The highest BCUT2D eigenvalue weighted by molar-refractivity contribution is 5.04. The van der Waals surface area contributed by atoms with Crippen molar-refractivity contribution in [3.05, 3.63) is 0 Å². The van der Waals surface area contributed by atoms with Gasteiger partial charge in [-0.15, -0.1) is 0 Å². The maximum absolute atomic E-state index is 13.5. The van der Waals surface area contributed by atoms with E-state index in [9.17, 15) is 13.2 Å². The fourth-order valence-electron chi connectivity index (χ4n) is 3.36. The van der Waals surface area contributed by atoms with Crippen LogP contribution in [0.3, 0.4) is 0 Å². The Morgan fingerprint density at radius 1 is 1.29 bits per heavy atom. The van der Waals surface area contributed by atoms with E-state index in [0.717, 1.165) is 6.42 Å². The first kappa shape index (κ1) is 14.8. The predicted octanol–water partition coefficient (Wildman–Crippen LogP) is 3.99. The zero-order valence-corrected chi connectivity index (χ0v) is 11.2. The Balaban J connectivity index is 3.10. The van der Waals surface area contributed by atoms with E-state index in [1.54, 1.807) is 6.92 Å². The van der Waals surface area contributed by atoms with E-state index in [4.69, 9.17) is 0 Å². The summed E-state index contributed by atoms with van der Waals surface area (Å²) in [4.78, 5) is 0. The third-order valence-electron chi connectivity index (χ3n) is 4.08. The van der Waals surface area contributed by atoms with Crippen molar-refractivity contribution in [2.75, 3.05) is 6.54 Å². The maximum Gasteiger partial charge on any atom is 0.406 e. The summed E-state index contributed by atoms with van der Waals surface area (Å²) in [6.45, 7) is 7.85. The third kappa shape index (κ3) is 2.78. The van der Waals surface area contributed by atoms with E-state index in [0.29, 0.717) is 13.0 Å². The molecule has 4 heteroatoms. The van der Waals surface area contributed by atoms with Crippen molar-refractivity contribution in [2.24, 2.45) is 17.8 Å². The Kier molecular flexibility index (Phi) is 4.50. The fourth-order valence-corrected chi connectivity index (χ4v) is 3.36. The summed E-state index contributed by atoms with van der Waals surface area (Å²) in [6.07, 6.45) is -2.36. The van der Waals surface area contributed by atoms with Gasteiger partial charge in [0.25, 0.3) is 0 Å². The third-order valence-corrected chi connectivity index (χ3v) is 4.08. The molecule has 3 atom stereocenters. The second-order valence-corrected chi connectivity index (χ2v) is 5.74. The minimum absolute atomic E-state index is 0.0585. The van der Waals surface area contributed by atoms with Crippen LogP contribution in [0.5, 0.6) is 0 Å². The van der Waals surface area contributed by atoms with Gasteiger partial charge in [-0.1, -0.05) is 34.1 Å². The van der Waals surface area contributed by atoms with Gasteiger partial charge in [0.1, 0.15) is 5.54 Å². The van der Waals surface area contributed by atoms with Crippen molar-refractivity contribution in [3.63, 3.8) is 0 Å². The lowest BCUT2D eigenvalue weighted by Crippen LogP contribution is -2.65. The Bertz CT molecular complexity index is 250. The zero-order chi connectivity index (χ0) is 13.3. The number of halogens is 3. The van der Waals surface area contributed by atoms with Gasteiger partial charge in [0.15, 0.2) is 0 Å². The standard InChI is InChI=1S/C13H24F3N/c1-5-17-12(13(14,15)16)8-10(4)6-7-11(12)9(2)3/h9-11,17H,5-8H2,1-4H3. The molecular formula is C13H24F3N. The number of rotatable bonds is 3. The molecule has 1 N–H and O–H groups in total. The van der Waals surface area contributed by atoms with Gasteiger partial charge < -0.3 is 5.32 Å². The molecule has 1 rings (SSSR count). The molecule has 102 valence electrons. The topological polar surface area (TPSA) is 12.0 Å². The van der Waals surface area contributed by atoms with Crippen LogP contribution in [-0.4, -0.2) is 18.3 Å². The van der Waals surface area contributed by atoms with Crippen LogP contribution in [0.25, 0.3) is 0 Å². The van der Waals surface area contributed by atoms with E-state index in [-0.39, 0.29) is 24.2 Å². The molecule has 0 heterocycles. The van der Waals surface area contributed by atoms with Crippen molar-refractivity contribution in [1.82, 2.24) is 5.32 Å². The smallest absolute Gasteiger partial charge is 0.304 e. The van der Waals surface area contributed by atoms with E-state index in [1.807, 2.05) is 20.8 Å². The molecular weight excluding hydrogens is 227 g/mol. The highest BCUT2D eigenvalue weighted by atomic mass is 19.4. The zero-order valence-electron chi connectivity index (χ0n) is 11.2. The normalized spacial score (nSPS) is 35.3. The Labute approximate surface area is 102 Å². The van der Waals surface area contributed by atoms with Gasteiger partial charge in [-0.05, 0) is 37.1 Å². The molecule has 0 aromatic rings. The molecule has 1 fully saturated rings. The lowest BCUT2D eigenvalue weighted by atomic mass is 9.64. The largest absolute Gasteiger partial charge is 0.406 e. The number of hydrogen-bond donors (Lipinski definition) is 1. The molecule has 0 aromatic carbocycles. The summed E-state index contributed by atoms with van der Waals surface area (Å²) >= 11 is 0. The van der Waals surface area contributed by atoms with Crippen molar-refractivity contribution in [3.8, 4) is 0 Å². The Morgan fingerprint density at radius 3 is 2.29 bits per heavy atom. The Morgan fingerprint density at radius 2 is 1.88 bits per heavy atom. The second kappa shape index (κ2) is 5.17. The van der Waals surface area contributed by atoms with E-state index in [1.165, 1.54) is 0 Å². The molecule has 0 bridgehead atoms. The molecule has 0 amide bonds. The molecule has 17 heavy (non-hydrogen) atoms. The summed E-state index contributed by atoms with van der Waals surface area (Å²) in [5, 5.41) is 2.77. The van der Waals surface area contributed by atoms with Gasteiger partial charge in [-0.2, -0.15) is 13.2 Å². The Hall–Kier alpha value is -0.250. The molecule has 1 nitrogen and oxygen atoms in total. The maximum atomic E-state index is 13.5. The van der Waals surface area contributed by atoms with Crippen LogP contribution in [0.1, 0.15) is 47.0 Å². The van der Waals surface area contributed by atoms with Crippen LogP contribution >= 0.6 is 0 Å². The van der Waals surface area contributed by atoms with E-state index < -0.39 is 11.7 Å². The first-order chi connectivity index (χ1) is 7.74. The highest BCUT2D eigenvalue weighted by Gasteiger charge is 2.60. The second-order valence-electron chi connectivity index (χ2n) is 5.74. The molecule has 0 saturated heterocycles. The molecule has 0 spiro atoms. The molecule has 1 aliphatic carbocycles. The quantitative estimate of drug-likeness (QED) is 0.799. The molecule has 3 unspecified atom stereocenters. The molecule has 1 saturated carbocycles. The number of hydrogen-bond acceptors (Lipinski definition) is 1. The molecule has 0 radical (unpaired) electrons. The van der Waals surface area contributed by atoms with Crippen LogP contribution < -0.4 is 5.32 Å². The monoisotopic (exact) mass is 251 g/mol. The van der Waals surface area contributed by atoms with Crippen LogP contribution in [-0.2, 0) is 0 Å². The van der Waals surface area contributed by atoms with Gasteiger partial charge >= 0.3 is 6.18 Å². The lowest BCUT2D eigenvalue weighted by molar-refractivity contribution is -0.230. The van der Waals surface area contributed by atoms with Crippen molar-refractivity contribution < 1.29 is 13.2 Å². The van der Waals surface area contributed by atoms with Crippen LogP contribution in [0.2, 0.25) is 0 Å². The number of nitrogens with one attached hydrogen (secondary N) is 1. The van der Waals surface area contributed by atoms with Gasteiger partial charge in [0, 0.05) is 0 Å². The highest BCUT2D eigenvalue weighted by Crippen LogP contribution is 2.49. The van der Waals surface area contributed by atoms with Crippen molar-refractivity contribution in [2.45, 2.75) is 58.7 Å². The van der Waals surface area contributed by atoms with Crippen LogP contribution in [0.15, 0.2) is 0 Å². The van der Waals surface area contributed by atoms with Gasteiger partial charge in [-0.3, -0.25) is 0 Å². The summed E-state index contributed by atoms with van der Waals surface area (Å²) in [6, 6.07) is 0. The van der Waals surface area contributed by atoms with Gasteiger partial charge in [0.05, 0.1) is 0 Å². The lowest BCUT2D eigenvalue weighted by Gasteiger charge is -2.49. The number of alkyl halides is 3. The summed E-state index contributed by atoms with van der Waals surface area (Å²) in [7, 11) is 0. The molecule has 0 aromatic heterocycles. The predicted molar refractivity (Wildman–Crippen MR) is 63.8 cm³/mol. The molecule has 0 aliphatic heterocycles. The first-order valence-electron chi connectivity index (χ1n) is 6.56. The minimum atomic E-state index is -4.16. The summed E-state index contributed by atoms with van der Waals surface area (Å²) < 4.78 is 40.5. The van der Waals surface area contributed by atoms with E-state index in [2.05, 4.69) is 5.32 Å². The average Bonchev–Trinajstić information content (AvgIpc) is 2.15. The summed E-state index contributed by atoms with van der Waals surface area (Å²) in [5.74, 6) is -0.104. The van der Waals surface area contributed by atoms with Gasteiger partial charge in [0.2, 0.25) is 0 Å². The van der Waals surface area contributed by atoms with Crippen LogP contribution in [0.4, 0.5) is 13.2 Å². The van der Waals surface area contributed by atoms with Gasteiger partial charge in [-0.25, -0.2) is 0 Å². The van der Waals surface area contributed by atoms with Crippen LogP contribution in [0, 0.1) is 17.8 Å². The fraction of sp³-hybridized carbons (Fsp3) is 1.00. The minimum Gasteiger partial charge on any atom is -0.304 e. The first-order valence-corrected chi connectivity index (χ1v) is 6.56. The molecule has 1 aliphatic rings. The SMILES string of the molecule is CCNC1(C(F)(F)F)CC(C)CCC1C(C)C. The van der Waals surface area contributed by atoms with E-state index >= 15 is 0 Å². The average molecular weight is 251 g/mol. The van der Waals surface area contributed by atoms with Crippen molar-refractivity contribution >= 4 is 0 Å². The van der Waals surface area contributed by atoms with Crippen molar-refractivity contribution in [1.29, 1.82) is 0 Å².